The van der Waals surface area contributed by atoms with Crippen molar-refractivity contribution in [1.29, 1.82) is 0 Å². The molecule has 0 bridgehead atoms. The first-order valence-corrected chi connectivity index (χ1v) is 5.86. The molecule has 0 fully saturated rings. The summed E-state index contributed by atoms with van der Waals surface area (Å²) in [6.45, 7) is 3.72. The lowest BCUT2D eigenvalue weighted by Crippen LogP contribution is -2.16. The number of nitrogens with two attached hydrogens (primary N) is 2. The number of carbonyl (C=O) groups excluding carboxylic acids is 1. The normalized spacial score (nSPS) is 12.1. The Hall–Kier alpha value is -2.50. The molecule has 5 N–H and O–H groups in total. The fourth-order valence-electron chi connectivity index (χ4n) is 1.77. The number of hydrogen-bond donors (Lipinski definition) is 3. The first-order chi connectivity index (χ1) is 8.99. The highest BCUT2D eigenvalue weighted by atomic mass is 16.4. The van der Waals surface area contributed by atoms with E-state index in [0.29, 0.717) is 22.8 Å². The molecule has 1 unspecified atom stereocenters. The lowest BCUT2D eigenvalue weighted by Gasteiger charge is -2.15. The highest BCUT2D eigenvalue weighted by Crippen LogP contribution is 2.26. The number of nitrogens with one attached hydrogen (secondary N) is 1. The van der Waals surface area contributed by atoms with Gasteiger partial charge in [-0.2, -0.15) is 0 Å². The van der Waals surface area contributed by atoms with Crippen LogP contribution in [0.4, 0.5) is 11.4 Å². The lowest BCUT2D eigenvalue weighted by atomic mass is 10.1. The summed E-state index contributed by atoms with van der Waals surface area (Å²) in [4.78, 5) is 15.4. The maximum atomic E-state index is 11.2. The highest BCUT2D eigenvalue weighted by Gasteiger charge is 2.15. The highest BCUT2D eigenvalue weighted by molar-refractivity contribution is 6.00. The Morgan fingerprint density at radius 1 is 1.47 bits per heavy atom. The molecule has 1 amide bonds. The molecule has 1 aromatic heterocycles. The molecule has 0 radical (unpaired) electrons. The Balaban J connectivity index is 2.24. The molecule has 0 saturated carbocycles. The average Bonchev–Trinajstić information content (AvgIpc) is 2.78. The van der Waals surface area contributed by atoms with Crippen molar-refractivity contribution in [3.8, 4) is 0 Å². The molecule has 1 atom stereocenters. The zero-order valence-corrected chi connectivity index (χ0v) is 10.8. The maximum absolute atomic E-state index is 11.2. The molecule has 2 rings (SSSR count). The summed E-state index contributed by atoms with van der Waals surface area (Å²) < 4.78 is 5.43. The monoisotopic (exact) mass is 260 g/mol. The van der Waals surface area contributed by atoms with E-state index >= 15 is 0 Å². The zero-order valence-electron chi connectivity index (χ0n) is 10.8. The van der Waals surface area contributed by atoms with Crippen LogP contribution in [0.5, 0.6) is 0 Å². The van der Waals surface area contributed by atoms with Crippen LogP contribution < -0.4 is 16.8 Å². The standard InChI is InChI=1S/C13H16N4O2/c1-7-6-16-13(19-7)8(2)17-10-5-3-4-9(11(10)14)12(15)18/h3-6,8,17H,14H2,1-2H3,(H2,15,18). The van der Waals surface area contributed by atoms with Crippen LogP contribution >= 0.6 is 0 Å². The number of nitrogen functional groups attached to an aromatic ring is 1. The summed E-state index contributed by atoms with van der Waals surface area (Å²) in [7, 11) is 0. The molecule has 0 saturated heterocycles. The minimum absolute atomic E-state index is 0.167. The number of carbonyl (C=O) groups is 1. The molecule has 6 heteroatoms. The predicted molar refractivity (Wildman–Crippen MR) is 72.7 cm³/mol. The van der Waals surface area contributed by atoms with Crippen molar-refractivity contribution in [2.24, 2.45) is 5.73 Å². The molecule has 100 valence electrons. The van der Waals surface area contributed by atoms with Crippen molar-refractivity contribution >= 4 is 17.3 Å². The fourth-order valence-corrected chi connectivity index (χ4v) is 1.77. The number of anilines is 2. The number of aryl methyl sites for hydroxylation is 1. The van der Waals surface area contributed by atoms with Crippen LogP contribution in [0.2, 0.25) is 0 Å². The van der Waals surface area contributed by atoms with Crippen molar-refractivity contribution in [1.82, 2.24) is 4.98 Å². The number of primary amides is 1. The third-order valence-electron chi connectivity index (χ3n) is 2.75. The maximum Gasteiger partial charge on any atom is 0.250 e. The van der Waals surface area contributed by atoms with Gasteiger partial charge in [0.05, 0.1) is 23.1 Å². The average molecular weight is 260 g/mol. The Labute approximate surface area is 110 Å². The van der Waals surface area contributed by atoms with E-state index in [-0.39, 0.29) is 6.04 Å². The van der Waals surface area contributed by atoms with E-state index < -0.39 is 5.91 Å². The minimum Gasteiger partial charge on any atom is -0.444 e. The number of oxazole rings is 1. The SMILES string of the molecule is Cc1cnc(C(C)Nc2cccc(C(N)=O)c2N)o1. The van der Waals surface area contributed by atoms with Crippen LogP contribution in [0.1, 0.15) is 35.0 Å². The van der Waals surface area contributed by atoms with Gasteiger partial charge < -0.3 is 21.2 Å². The molecule has 0 spiro atoms. The summed E-state index contributed by atoms with van der Waals surface area (Å²) in [6.07, 6.45) is 1.65. The summed E-state index contributed by atoms with van der Waals surface area (Å²) in [6, 6.07) is 4.91. The number of hydrogen-bond acceptors (Lipinski definition) is 5. The Morgan fingerprint density at radius 3 is 2.79 bits per heavy atom. The number of rotatable bonds is 4. The summed E-state index contributed by atoms with van der Waals surface area (Å²) >= 11 is 0. The van der Waals surface area contributed by atoms with Crippen LogP contribution in [0, 0.1) is 6.92 Å². The van der Waals surface area contributed by atoms with Crippen molar-refractivity contribution < 1.29 is 9.21 Å². The number of nitrogens with zero attached hydrogens (tertiary/aromatic N) is 1. The van der Waals surface area contributed by atoms with Crippen molar-refractivity contribution in [2.45, 2.75) is 19.9 Å². The van der Waals surface area contributed by atoms with Gasteiger partial charge in [0, 0.05) is 0 Å². The van der Waals surface area contributed by atoms with Crippen LogP contribution in [0.3, 0.4) is 0 Å². The molecule has 0 aliphatic heterocycles. The van der Waals surface area contributed by atoms with E-state index in [1.54, 1.807) is 24.4 Å². The number of amides is 1. The lowest BCUT2D eigenvalue weighted by molar-refractivity contribution is 0.100. The Bertz CT molecular complexity index is 606. The number of aromatic nitrogens is 1. The van der Waals surface area contributed by atoms with E-state index in [1.807, 2.05) is 13.8 Å². The van der Waals surface area contributed by atoms with Gasteiger partial charge in [0.15, 0.2) is 0 Å². The van der Waals surface area contributed by atoms with E-state index in [9.17, 15) is 4.79 Å². The predicted octanol–water partition coefficient (Wildman–Crippen LogP) is 1.84. The largest absolute Gasteiger partial charge is 0.444 e. The molecular weight excluding hydrogens is 244 g/mol. The molecular formula is C13H16N4O2. The second kappa shape index (κ2) is 5.01. The summed E-state index contributed by atoms with van der Waals surface area (Å²) in [5.41, 5.74) is 12.4. The van der Waals surface area contributed by atoms with Gasteiger partial charge in [0.1, 0.15) is 11.8 Å². The molecule has 6 nitrogen and oxygen atoms in total. The zero-order chi connectivity index (χ0) is 14.0. The fraction of sp³-hybridized carbons (Fsp3) is 0.231. The van der Waals surface area contributed by atoms with Crippen LogP contribution in [0.15, 0.2) is 28.8 Å². The van der Waals surface area contributed by atoms with E-state index in [4.69, 9.17) is 15.9 Å². The summed E-state index contributed by atoms with van der Waals surface area (Å²) in [5, 5.41) is 3.15. The molecule has 0 aliphatic carbocycles. The third-order valence-corrected chi connectivity index (χ3v) is 2.75. The van der Waals surface area contributed by atoms with Gasteiger partial charge in [-0.1, -0.05) is 6.07 Å². The van der Waals surface area contributed by atoms with Crippen LogP contribution in [-0.4, -0.2) is 10.9 Å². The smallest absolute Gasteiger partial charge is 0.250 e. The van der Waals surface area contributed by atoms with Gasteiger partial charge in [0.25, 0.3) is 5.91 Å². The first-order valence-electron chi connectivity index (χ1n) is 5.86. The quantitative estimate of drug-likeness (QED) is 0.727. The second-order valence-corrected chi connectivity index (χ2v) is 4.31. The van der Waals surface area contributed by atoms with Crippen molar-refractivity contribution in [3.05, 3.63) is 41.6 Å². The van der Waals surface area contributed by atoms with Crippen molar-refractivity contribution in [3.63, 3.8) is 0 Å². The first kappa shape index (κ1) is 12.9. The molecule has 1 aromatic carbocycles. The van der Waals surface area contributed by atoms with Gasteiger partial charge in [0.2, 0.25) is 5.89 Å². The van der Waals surface area contributed by atoms with Gasteiger partial charge in [-0.3, -0.25) is 4.79 Å². The van der Waals surface area contributed by atoms with E-state index in [2.05, 4.69) is 10.3 Å². The van der Waals surface area contributed by atoms with Gasteiger partial charge >= 0.3 is 0 Å². The topological polar surface area (TPSA) is 107 Å². The van der Waals surface area contributed by atoms with E-state index in [0.717, 1.165) is 5.76 Å². The third kappa shape index (κ3) is 2.67. The van der Waals surface area contributed by atoms with Gasteiger partial charge in [-0.15, -0.1) is 0 Å². The van der Waals surface area contributed by atoms with Crippen molar-refractivity contribution in [2.75, 3.05) is 11.1 Å². The Kier molecular flexibility index (Phi) is 3.41. The molecule has 2 aromatic rings. The molecule has 19 heavy (non-hydrogen) atoms. The molecule has 1 heterocycles. The summed E-state index contributed by atoms with van der Waals surface area (Å²) in [5.74, 6) is 0.740. The second-order valence-electron chi connectivity index (χ2n) is 4.31. The number of benzene rings is 1. The minimum atomic E-state index is -0.555. The van der Waals surface area contributed by atoms with Crippen LogP contribution in [-0.2, 0) is 0 Å². The van der Waals surface area contributed by atoms with E-state index in [1.165, 1.54) is 0 Å². The van der Waals surface area contributed by atoms with Gasteiger partial charge in [-0.25, -0.2) is 4.98 Å². The van der Waals surface area contributed by atoms with Gasteiger partial charge in [-0.05, 0) is 26.0 Å². The van der Waals surface area contributed by atoms with Crippen LogP contribution in [0.25, 0.3) is 0 Å². The number of para-hydroxylation sites is 1. The Morgan fingerprint density at radius 2 is 2.21 bits per heavy atom. The molecule has 0 aliphatic rings.